The van der Waals surface area contributed by atoms with Crippen LogP contribution in [0.2, 0.25) is 0 Å². The minimum atomic E-state index is -0.160. The van der Waals surface area contributed by atoms with Crippen LogP contribution in [-0.2, 0) is 42.7 Å². The maximum absolute atomic E-state index is 11.2. The zero-order valence-electron chi connectivity index (χ0n) is 20.2. The van der Waals surface area contributed by atoms with E-state index in [9.17, 15) is 4.79 Å². The normalized spacial score (nSPS) is 11.1. The maximum atomic E-state index is 11.2. The van der Waals surface area contributed by atoms with Crippen LogP contribution in [-0.4, -0.2) is 125 Å². The van der Waals surface area contributed by atoms with E-state index in [0.717, 1.165) is 0 Å². The van der Waals surface area contributed by atoms with Gasteiger partial charge in [0.15, 0.2) is 0 Å². The number of carbonyl (C=O) groups is 1. The lowest BCUT2D eigenvalue weighted by atomic mass is 10.3. The molecule has 0 unspecified atom stereocenters. The van der Waals surface area contributed by atoms with Gasteiger partial charge in [-0.25, -0.2) is 0 Å². The van der Waals surface area contributed by atoms with Crippen LogP contribution in [0.3, 0.4) is 0 Å². The Morgan fingerprint density at radius 2 is 0.848 bits per heavy atom. The first-order valence-corrected chi connectivity index (χ1v) is 11.4. The summed E-state index contributed by atoms with van der Waals surface area (Å²) in [5.74, 6) is -0.160. The van der Waals surface area contributed by atoms with E-state index < -0.39 is 0 Å². The van der Waals surface area contributed by atoms with Crippen LogP contribution in [0.4, 0.5) is 0 Å². The zero-order chi connectivity index (χ0) is 24.2. The Morgan fingerprint density at radius 1 is 0.576 bits per heavy atom. The van der Waals surface area contributed by atoms with E-state index in [-0.39, 0.29) is 5.91 Å². The molecule has 11 nitrogen and oxygen atoms in total. The Hall–Kier alpha value is -1.15. The van der Waals surface area contributed by atoms with Crippen LogP contribution >= 0.6 is 0 Å². The lowest BCUT2D eigenvalue weighted by Crippen LogP contribution is -2.27. The van der Waals surface area contributed by atoms with Gasteiger partial charge in [-0.15, -0.1) is 0 Å². The molecule has 0 rings (SSSR count). The first-order valence-electron chi connectivity index (χ1n) is 11.4. The summed E-state index contributed by atoms with van der Waals surface area (Å²) in [5.41, 5.74) is 5.79. The van der Waals surface area contributed by atoms with Crippen molar-refractivity contribution >= 4 is 5.91 Å². The van der Waals surface area contributed by atoms with Crippen LogP contribution < -0.4 is 11.1 Å². The third-order valence-electron chi connectivity index (χ3n) is 3.79. The first-order chi connectivity index (χ1) is 16.2. The predicted octanol–water partition coefficient (Wildman–Crippen LogP) is -0.230. The quantitative estimate of drug-likeness (QED) is 0.120. The van der Waals surface area contributed by atoms with Gasteiger partial charge in [0.25, 0.3) is 0 Å². The molecule has 0 aliphatic carbocycles. The predicted molar refractivity (Wildman–Crippen MR) is 123 cm³/mol. The summed E-state index contributed by atoms with van der Waals surface area (Å²) in [6.07, 6.45) is 0. The van der Waals surface area contributed by atoms with Gasteiger partial charge in [0.05, 0.1) is 106 Å². The molecular weight excluding hydrogens is 436 g/mol. The summed E-state index contributed by atoms with van der Waals surface area (Å²) in [5, 5.41) is 2.69. The molecule has 0 saturated carbocycles. The zero-order valence-corrected chi connectivity index (χ0v) is 20.2. The standard InChI is InChI=1S/C22H44N2O9/c1-21(2)22(25)24-4-6-27-8-10-29-12-14-31-16-18-33-20-19-32-17-15-30-13-11-28-9-7-26-5-3-23/h1,3-20,23H2,2H3,(H,24,25). The summed E-state index contributed by atoms with van der Waals surface area (Å²) >= 11 is 0. The van der Waals surface area contributed by atoms with Gasteiger partial charge >= 0.3 is 0 Å². The molecule has 11 heteroatoms. The molecule has 0 aromatic rings. The molecule has 1 amide bonds. The fourth-order valence-electron chi connectivity index (χ4n) is 2.11. The first kappa shape index (κ1) is 31.9. The van der Waals surface area contributed by atoms with E-state index in [1.165, 1.54) is 0 Å². The summed E-state index contributed by atoms with van der Waals surface area (Å²) in [6.45, 7) is 14.4. The molecule has 0 heterocycles. The van der Waals surface area contributed by atoms with Gasteiger partial charge < -0.3 is 48.9 Å². The number of nitrogens with two attached hydrogens (primary N) is 1. The Labute approximate surface area is 198 Å². The summed E-state index contributed by atoms with van der Waals surface area (Å²) in [6, 6.07) is 0. The van der Waals surface area contributed by atoms with Crippen molar-refractivity contribution in [2.45, 2.75) is 6.92 Å². The van der Waals surface area contributed by atoms with Crippen molar-refractivity contribution in [1.29, 1.82) is 0 Å². The second-order valence-corrected chi connectivity index (χ2v) is 6.72. The van der Waals surface area contributed by atoms with Crippen molar-refractivity contribution in [3.63, 3.8) is 0 Å². The number of amides is 1. The van der Waals surface area contributed by atoms with Crippen LogP contribution in [0.15, 0.2) is 12.2 Å². The molecular formula is C22H44N2O9. The monoisotopic (exact) mass is 480 g/mol. The number of nitrogens with one attached hydrogen (secondary N) is 1. The van der Waals surface area contributed by atoms with Crippen molar-refractivity contribution in [3.05, 3.63) is 12.2 Å². The molecule has 0 atom stereocenters. The average molecular weight is 481 g/mol. The Kier molecular flexibility index (Phi) is 26.2. The molecule has 0 radical (unpaired) electrons. The van der Waals surface area contributed by atoms with Gasteiger partial charge in [-0.2, -0.15) is 0 Å². The molecule has 0 aromatic carbocycles. The van der Waals surface area contributed by atoms with Crippen LogP contribution in [0.5, 0.6) is 0 Å². The van der Waals surface area contributed by atoms with Crippen molar-refractivity contribution in [2.24, 2.45) is 5.73 Å². The van der Waals surface area contributed by atoms with E-state index in [2.05, 4.69) is 11.9 Å². The van der Waals surface area contributed by atoms with Gasteiger partial charge in [0.2, 0.25) is 5.91 Å². The van der Waals surface area contributed by atoms with Gasteiger partial charge in [-0.1, -0.05) is 6.58 Å². The number of rotatable bonds is 27. The van der Waals surface area contributed by atoms with Crippen LogP contribution in [0.1, 0.15) is 6.92 Å². The van der Waals surface area contributed by atoms with Crippen molar-refractivity contribution in [2.75, 3.05) is 119 Å². The molecule has 0 aromatic heterocycles. The van der Waals surface area contributed by atoms with Crippen LogP contribution in [0, 0.1) is 0 Å². The van der Waals surface area contributed by atoms with Gasteiger partial charge in [0, 0.05) is 18.7 Å². The fraction of sp³-hybridized carbons (Fsp3) is 0.864. The number of ether oxygens (including phenoxy) is 8. The second-order valence-electron chi connectivity index (χ2n) is 6.72. The van der Waals surface area contributed by atoms with Crippen molar-refractivity contribution < 1.29 is 42.7 Å². The van der Waals surface area contributed by atoms with Crippen molar-refractivity contribution in [3.8, 4) is 0 Å². The smallest absolute Gasteiger partial charge is 0.246 e. The highest BCUT2D eigenvalue weighted by Gasteiger charge is 1.99. The van der Waals surface area contributed by atoms with Gasteiger partial charge in [-0.3, -0.25) is 4.79 Å². The lowest BCUT2D eigenvalue weighted by Gasteiger charge is -2.09. The largest absolute Gasteiger partial charge is 0.378 e. The summed E-state index contributed by atoms with van der Waals surface area (Å²) < 4.78 is 42.9. The Bertz CT molecular complexity index is 442. The molecule has 0 saturated heterocycles. The molecule has 0 spiro atoms. The fourth-order valence-corrected chi connectivity index (χ4v) is 2.11. The Balaban J connectivity index is 3.05. The van der Waals surface area contributed by atoms with E-state index in [1.807, 2.05) is 0 Å². The van der Waals surface area contributed by atoms with Gasteiger partial charge in [-0.05, 0) is 6.92 Å². The van der Waals surface area contributed by atoms with Crippen LogP contribution in [0.25, 0.3) is 0 Å². The topological polar surface area (TPSA) is 129 Å². The Morgan fingerprint density at radius 3 is 1.12 bits per heavy atom. The minimum Gasteiger partial charge on any atom is -0.378 e. The third kappa shape index (κ3) is 27.0. The molecule has 0 fully saturated rings. The average Bonchev–Trinajstić information content (AvgIpc) is 2.81. The summed E-state index contributed by atoms with van der Waals surface area (Å²) in [7, 11) is 0. The number of hydrogen-bond donors (Lipinski definition) is 2. The SMILES string of the molecule is C=C(C)C(=O)NCCOCCOCCOCCOCCOCCOCCOCCOCCN. The molecule has 0 bridgehead atoms. The van der Waals surface area contributed by atoms with E-state index in [1.54, 1.807) is 6.92 Å². The van der Waals surface area contributed by atoms with Crippen molar-refractivity contribution in [1.82, 2.24) is 5.32 Å². The highest BCUT2D eigenvalue weighted by atomic mass is 16.6. The van der Waals surface area contributed by atoms with E-state index in [0.29, 0.717) is 124 Å². The number of hydrogen-bond acceptors (Lipinski definition) is 10. The van der Waals surface area contributed by atoms with E-state index >= 15 is 0 Å². The van der Waals surface area contributed by atoms with Gasteiger partial charge in [0.1, 0.15) is 0 Å². The minimum absolute atomic E-state index is 0.160. The highest BCUT2D eigenvalue weighted by Crippen LogP contribution is 1.87. The molecule has 0 aliphatic heterocycles. The maximum Gasteiger partial charge on any atom is 0.246 e. The van der Waals surface area contributed by atoms with E-state index in [4.69, 9.17) is 43.6 Å². The lowest BCUT2D eigenvalue weighted by molar-refractivity contribution is -0.117. The number of carbonyl (C=O) groups excluding carboxylic acids is 1. The molecule has 196 valence electrons. The molecule has 0 aliphatic rings. The molecule has 3 N–H and O–H groups in total. The highest BCUT2D eigenvalue weighted by molar-refractivity contribution is 5.91. The second kappa shape index (κ2) is 27.1. The third-order valence-corrected chi connectivity index (χ3v) is 3.79. The molecule has 33 heavy (non-hydrogen) atoms. The summed E-state index contributed by atoms with van der Waals surface area (Å²) in [4.78, 5) is 11.2.